The summed E-state index contributed by atoms with van der Waals surface area (Å²) < 4.78 is 25.5. The molecule has 2 aromatic carbocycles. The van der Waals surface area contributed by atoms with Crippen LogP contribution < -0.4 is 4.80 Å². The van der Waals surface area contributed by atoms with Gasteiger partial charge in [-0.1, -0.05) is 17.4 Å². The maximum Gasteiger partial charge on any atom is 0.279 e. The lowest BCUT2D eigenvalue weighted by atomic mass is 10.2. The van der Waals surface area contributed by atoms with Crippen LogP contribution in [0.3, 0.4) is 0 Å². The summed E-state index contributed by atoms with van der Waals surface area (Å²) in [5.41, 5.74) is 0.812. The molecule has 0 saturated carbocycles. The molecule has 134 valence electrons. The van der Waals surface area contributed by atoms with Crippen LogP contribution in [0, 0.1) is 10.1 Å². The van der Waals surface area contributed by atoms with E-state index in [0.29, 0.717) is 15.0 Å². The number of amides is 1. The molecule has 10 heteroatoms. The van der Waals surface area contributed by atoms with Crippen LogP contribution in [0.4, 0.5) is 5.69 Å². The number of hydrogen-bond donors (Lipinski definition) is 0. The van der Waals surface area contributed by atoms with E-state index >= 15 is 0 Å². The van der Waals surface area contributed by atoms with Gasteiger partial charge in [0.1, 0.15) is 0 Å². The molecule has 26 heavy (non-hydrogen) atoms. The molecule has 0 N–H and O–H groups in total. The van der Waals surface area contributed by atoms with Crippen molar-refractivity contribution in [1.29, 1.82) is 0 Å². The Kier molecular flexibility index (Phi) is 4.46. The number of nitro groups is 1. The van der Waals surface area contributed by atoms with Crippen LogP contribution in [0.2, 0.25) is 0 Å². The van der Waals surface area contributed by atoms with Crippen molar-refractivity contribution in [3.05, 3.63) is 62.9 Å². The fraction of sp³-hybridized carbons (Fsp3) is 0.125. The average Bonchev–Trinajstić information content (AvgIpc) is 2.89. The van der Waals surface area contributed by atoms with E-state index in [4.69, 9.17) is 0 Å². The first-order valence-corrected chi connectivity index (χ1v) is 10.0. The number of nitro benzene ring substituents is 1. The molecule has 0 saturated heterocycles. The number of thiazole rings is 1. The fourth-order valence-corrected chi connectivity index (χ4v) is 4.07. The molecule has 3 aromatic rings. The van der Waals surface area contributed by atoms with Gasteiger partial charge in [0.15, 0.2) is 14.6 Å². The molecule has 0 atom stereocenters. The molecule has 1 amide bonds. The first-order chi connectivity index (χ1) is 12.2. The number of carbonyl (C=O) groups is 1. The number of fused-ring (bicyclic) bond motifs is 1. The minimum Gasteiger partial charge on any atom is -0.319 e. The van der Waals surface area contributed by atoms with Crippen molar-refractivity contribution in [3.63, 3.8) is 0 Å². The topological polar surface area (TPSA) is 112 Å². The molecule has 0 bridgehead atoms. The van der Waals surface area contributed by atoms with Crippen LogP contribution in [0.25, 0.3) is 10.2 Å². The fourth-order valence-electron chi connectivity index (χ4n) is 2.35. The Morgan fingerprint density at radius 3 is 2.62 bits per heavy atom. The van der Waals surface area contributed by atoms with Crippen LogP contribution in [0.1, 0.15) is 10.4 Å². The van der Waals surface area contributed by atoms with E-state index in [-0.39, 0.29) is 16.1 Å². The summed E-state index contributed by atoms with van der Waals surface area (Å²) in [5, 5.41) is 10.9. The highest BCUT2D eigenvalue weighted by molar-refractivity contribution is 7.90. The van der Waals surface area contributed by atoms with Gasteiger partial charge in [0.2, 0.25) is 0 Å². The minimum absolute atomic E-state index is 0.0369. The van der Waals surface area contributed by atoms with Gasteiger partial charge in [-0.3, -0.25) is 14.9 Å². The summed E-state index contributed by atoms with van der Waals surface area (Å²) in [6.45, 7) is 0. The molecule has 0 aliphatic carbocycles. The monoisotopic (exact) mass is 391 g/mol. The predicted octanol–water partition coefficient (Wildman–Crippen LogP) is 2.29. The maximum atomic E-state index is 12.4. The normalized spacial score (nSPS) is 12.5. The van der Waals surface area contributed by atoms with Crippen LogP contribution in [0.5, 0.6) is 0 Å². The second-order valence-electron chi connectivity index (χ2n) is 5.57. The number of non-ortho nitro benzene ring substituents is 1. The first kappa shape index (κ1) is 18.0. The smallest absolute Gasteiger partial charge is 0.279 e. The summed E-state index contributed by atoms with van der Waals surface area (Å²) in [7, 11) is -1.74. The zero-order chi connectivity index (χ0) is 19.1. The Morgan fingerprint density at radius 2 is 1.96 bits per heavy atom. The standard InChI is InChI=1S/C16H13N3O5S2/c1-18-13-7-6-11(19(21)22)9-14(13)25-16(18)17-15(20)10-4-3-5-12(8-10)26(2,23)24/h3-9H,1-2H3. The highest BCUT2D eigenvalue weighted by atomic mass is 32.2. The molecule has 3 rings (SSSR count). The Hall–Kier alpha value is -2.85. The Labute approximate surface area is 152 Å². The van der Waals surface area contributed by atoms with E-state index in [9.17, 15) is 23.3 Å². The SMILES string of the molecule is Cn1c(=NC(=O)c2cccc(S(C)(=O)=O)c2)sc2cc([N+](=O)[O-])ccc21. The van der Waals surface area contributed by atoms with Crippen LogP contribution in [-0.4, -0.2) is 30.1 Å². The second kappa shape index (κ2) is 6.46. The Bertz CT molecular complexity index is 1220. The summed E-state index contributed by atoms with van der Waals surface area (Å²) >= 11 is 1.14. The first-order valence-electron chi connectivity index (χ1n) is 7.30. The molecule has 1 aromatic heterocycles. The largest absolute Gasteiger partial charge is 0.319 e. The van der Waals surface area contributed by atoms with Gasteiger partial charge in [-0.25, -0.2) is 8.42 Å². The van der Waals surface area contributed by atoms with Crippen molar-refractivity contribution in [3.8, 4) is 0 Å². The number of hydrogen-bond acceptors (Lipinski definition) is 6. The quantitative estimate of drug-likeness (QED) is 0.502. The van der Waals surface area contributed by atoms with E-state index in [0.717, 1.165) is 17.6 Å². The Morgan fingerprint density at radius 1 is 1.23 bits per heavy atom. The Balaban J connectivity index is 2.09. The maximum absolute atomic E-state index is 12.4. The van der Waals surface area contributed by atoms with E-state index in [1.165, 1.54) is 36.4 Å². The molecular weight excluding hydrogens is 378 g/mol. The van der Waals surface area contributed by atoms with E-state index in [2.05, 4.69) is 4.99 Å². The number of carbonyl (C=O) groups excluding carboxylic acids is 1. The zero-order valence-electron chi connectivity index (χ0n) is 13.7. The molecule has 8 nitrogen and oxygen atoms in total. The third kappa shape index (κ3) is 3.41. The highest BCUT2D eigenvalue weighted by Crippen LogP contribution is 2.22. The van der Waals surface area contributed by atoms with Gasteiger partial charge >= 0.3 is 0 Å². The number of aromatic nitrogens is 1. The molecule has 0 aliphatic rings. The van der Waals surface area contributed by atoms with Gasteiger partial charge in [-0.2, -0.15) is 4.99 Å². The number of sulfone groups is 1. The van der Waals surface area contributed by atoms with Crippen molar-refractivity contribution in [2.75, 3.05) is 6.26 Å². The molecule has 0 aliphatic heterocycles. The number of aryl methyl sites for hydroxylation is 1. The second-order valence-corrected chi connectivity index (χ2v) is 8.59. The number of rotatable bonds is 3. The van der Waals surface area contributed by atoms with E-state index in [1.54, 1.807) is 17.7 Å². The predicted molar refractivity (Wildman–Crippen MR) is 96.9 cm³/mol. The molecule has 1 heterocycles. The van der Waals surface area contributed by atoms with Crippen molar-refractivity contribution in [2.24, 2.45) is 12.0 Å². The van der Waals surface area contributed by atoms with Gasteiger partial charge in [0.25, 0.3) is 11.6 Å². The third-order valence-corrected chi connectivity index (χ3v) is 5.91. The summed E-state index contributed by atoms with van der Waals surface area (Å²) in [6.07, 6.45) is 1.06. The van der Waals surface area contributed by atoms with Gasteiger partial charge in [0, 0.05) is 31.0 Å². The summed E-state index contributed by atoms with van der Waals surface area (Å²) in [6, 6.07) is 10.1. The van der Waals surface area contributed by atoms with E-state index < -0.39 is 20.7 Å². The van der Waals surface area contributed by atoms with Crippen LogP contribution in [-0.2, 0) is 16.9 Å². The molecule has 0 spiro atoms. The highest BCUT2D eigenvalue weighted by Gasteiger charge is 2.13. The van der Waals surface area contributed by atoms with Crippen LogP contribution in [0.15, 0.2) is 52.4 Å². The van der Waals surface area contributed by atoms with Gasteiger partial charge in [-0.05, 0) is 24.3 Å². The molecular formula is C16H13N3O5S2. The number of nitrogens with zero attached hydrogens (tertiary/aromatic N) is 3. The summed E-state index contributed by atoms with van der Waals surface area (Å²) in [5.74, 6) is -0.591. The molecule has 0 unspecified atom stereocenters. The molecule has 0 fully saturated rings. The third-order valence-electron chi connectivity index (χ3n) is 3.71. The summed E-state index contributed by atoms with van der Waals surface area (Å²) in [4.78, 5) is 27.3. The molecule has 0 radical (unpaired) electrons. The number of benzene rings is 2. The van der Waals surface area contributed by atoms with E-state index in [1.807, 2.05) is 0 Å². The minimum atomic E-state index is -3.43. The van der Waals surface area contributed by atoms with Crippen molar-refractivity contribution < 1.29 is 18.1 Å². The lowest BCUT2D eigenvalue weighted by Gasteiger charge is -2.00. The zero-order valence-corrected chi connectivity index (χ0v) is 15.4. The van der Waals surface area contributed by atoms with Crippen molar-refractivity contribution in [1.82, 2.24) is 4.57 Å². The van der Waals surface area contributed by atoms with Crippen molar-refractivity contribution >= 4 is 43.0 Å². The van der Waals surface area contributed by atoms with Gasteiger partial charge < -0.3 is 4.57 Å². The van der Waals surface area contributed by atoms with Gasteiger partial charge in [0.05, 0.1) is 20.0 Å². The lowest BCUT2D eigenvalue weighted by Crippen LogP contribution is -2.13. The van der Waals surface area contributed by atoms with Gasteiger partial charge in [-0.15, -0.1) is 0 Å². The average molecular weight is 391 g/mol. The van der Waals surface area contributed by atoms with Crippen LogP contribution >= 0.6 is 11.3 Å². The van der Waals surface area contributed by atoms with Crippen molar-refractivity contribution in [2.45, 2.75) is 4.90 Å². The lowest BCUT2D eigenvalue weighted by molar-refractivity contribution is -0.384.